The topological polar surface area (TPSA) is 20.3 Å². The molecule has 1 aliphatic heterocycles. The molecule has 0 N–H and O–H groups in total. The van der Waals surface area contributed by atoms with E-state index in [1.54, 1.807) is 13.0 Å². The molecule has 1 heterocycles. The van der Waals surface area contributed by atoms with Gasteiger partial charge in [0.15, 0.2) is 5.78 Å². The molecule has 1 fully saturated rings. The SMILES string of the molecule is CC(=O)C=C1CCN(C)C1. The summed E-state index contributed by atoms with van der Waals surface area (Å²) in [6.07, 6.45) is 2.82. The van der Waals surface area contributed by atoms with Gasteiger partial charge in [0.2, 0.25) is 0 Å². The Bertz CT molecular complexity index is 172. The van der Waals surface area contributed by atoms with Gasteiger partial charge in [0.25, 0.3) is 0 Å². The highest BCUT2D eigenvalue weighted by Gasteiger charge is 2.11. The van der Waals surface area contributed by atoms with Gasteiger partial charge in [0.05, 0.1) is 0 Å². The molecule has 0 unspecified atom stereocenters. The maximum absolute atomic E-state index is 10.6. The second kappa shape index (κ2) is 2.97. The molecule has 0 radical (unpaired) electrons. The van der Waals surface area contributed by atoms with Crippen molar-refractivity contribution in [2.24, 2.45) is 0 Å². The van der Waals surface area contributed by atoms with Gasteiger partial charge >= 0.3 is 0 Å². The molecule has 1 saturated heterocycles. The van der Waals surface area contributed by atoms with Gasteiger partial charge in [-0.25, -0.2) is 0 Å². The zero-order valence-electron chi connectivity index (χ0n) is 6.55. The molecule has 0 aromatic carbocycles. The quantitative estimate of drug-likeness (QED) is 0.502. The van der Waals surface area contributed by atoms with E-state index in [1.807, 2.05) is 0 Å². The van der Waals surface area contributed by atoms with Crippen LogP contribution < -0.4 is 0 Å². The summed E-state index contributed by atoms with van der Waals surface area (Å²) < 4.78 is 0. The highest BCUT2D eigenvalue weighted by atomic mass is 16.1. The molecule has 0 aromatic rings. The first kappa shape index (κ1) is 7.48. The molecule has 2 nitrogen and oxygen atoms in total. The summed E-state index contributed by atoms with van der Waals surface area (Å²) in [5.74, 6) is 0.172. The van der Waals surface area contributed by atoms with E-state index in [1.165, 1.54) is 5.57 Å². The minimum absolute atomic E-state index is 0.172. The standard InChI is InChI=1S/C8H13NO/c1-7(10)5-8-3-4-9(2)6-8/h5H,3-4,6H2,1-2H3. The minimum Gasteiger partial charge on any atom is -0.302 e. The van der Waals surface area contributed by atoms with Crippen LogP contribution in [0, 0.1) is 0 Å². The number of rotatable bonds is 1. The molecule has 0 spiro atoms. The fraction of sp³-hybridized carbons (Fsp3) is 0.625. The van der Waals surface area contributed by atoms with E-state index in [4.69, 9.17) is 0 Å². The molecule has 56 valence electrons. The molecule has 0 aliphatic carbocycles. The van der Waals surface area contributed by atoms with E-state index >= 15 is 0 Å². The Morgan fingerprint density at radius 1 is 1.70 bits per heavy atom. The van der Waals surface area contributed by atoms with Gasteiger partial charge in [-0.1, -0.05) is 5.57 Å². The summed E-state index contributed by atoms with van der Waals surface area (Å²) >= 11 is 0. The fourth-order valence-electron chi connectivity index (χ4n) is 1.24. The van der Waals surface area contributed by atoms with Crippen LogP contribution in [-0.4, -0.2) is 30.8 Å². The number of ketones is 1. The highest BCUT2D eigenvalue weighted by molar-refractivity contribution is 5.88. The predicted octanol–water partition coefficient (Wildman–Crippen LogP) is 0.837. The number of hydrogen-bond acceptors (Lipinski definition) is 2. The molecule has 0 amide bonds. The third-order valence-electron chi connectivity index (χ3n) is 1.70. The van der Waals surface area contributed by atoms with Gasteiger partial charge in [-0.05, 0) is 26.5 Å². The van der Waals surface area contributed by atoms with Gasteiger partial charge < -0.3 is 4.90 Å². The summed E-state index contributed by atoms with van der Waals surface area (Å²) in [5.41, 5.74) is 1.27. The summed E-state index contributed by atoms with van der Waals surface area (Å²) in [6.45, 7) is 3.67. The summed E-state index contributed by atoms with van der Waals surface area (Å²) in [4.78, 5) is 12.8. The Morgan fingerprint density at radius 2 is 2.40 bits per heavy atom. The lowest BCUT2D eigenvalue weighted by molar-refractivity contribution is -0.112. The van der Waals surface area contributed by atoms with E-state index in [2.05, 4.69) is 11.9 Å². The molecular formula is C8H13NO. The maximum atomic E-state index is 10.6. The van der Waals surface area contributed by atoms with Gasteiger partial charge in [0, 0.05) is 13.1 Å². The van der Waals surface area contributed by atoms with E-state index in [-0.39, 0.29) is 5.78 Å². The monoisotopic (exact) mass is 139 g/mol. The molecule has 1 aliphatic rings. The zero-order valence-corrected chi connectivity index (χ0v) is 6.55. The Balaban J connectivity index is 2.51. The Kier molecular flexibility index (Phi) is 2.22. The van der Waals surface area contributed by atoms with Crippen LogP contribution in [0.25, 0.3) is 0 Å². The summed E-state index contributed by atoms with van der Waals surface area (Å²) in [7, 11) is 2.07. The number of likely N-dealkylation sites (N-methyl/N-ethyl adjacent to an activating group) is 1. The number of nitrogens with zero attached hydrogens (tertiary/aromatic N) is 1. The maximum Gasteiger partial charge on any atom is 0.152 e. The predicted molar refractivity (Wildman–Crippen MR) is 40.9 cm³/mol. The van der Waals surface area contributed by atoms with Gasteiger partial charge in [-0.2, -0.15) is 0 Å². The van der Waals surface area contributed by atoms with Crippen LogP contribution in [0.1, 0.15) is 13.3 Å². The van der Waals surface area contributed by atoms with E-state index < -0.39 is 0 Å². The number of carbonyl (C=O) groups is 1. The molecule has 0 atom stereocenters. The molecule has 2 heteroatoms. The average molecular weight is 139 g/mol. The third kappa shape index (κ3) is 1.95. The third-order valence-corrected chi connectivity index (χ3v) is 1.70. The van der Waals surface area contributed by atoms with Crippen LogP contribution >= 0.6 is 0 Å². The Labute approximate surface area is 61.5 Å². The zero-order chi connectivity index (χ0) is 7.56. The lowest BCUT2D eigenvalue weighted by atomic mass is 10.2. The number of carbonyl (C=O) groups excluding carboxylic acids is 1. The molecule has 0 aromatic heterocycles. The van der Waals surface area contributed by atoms with Crippen molar-refractivity contribution >= 4 is 5.78 Å². The van der Waals surface area contributed by atoms with Crippen molar-refractivity contribution in [3.05, 3.63) is 11.6 Å². The van der Waals surface area contributed by atoms with Crippen molar-refractivity contribution < 1.29 is 4.79 Å². The first-order valence-electron chi connectivity index (χ1n) is 3.57. The van der Waals surface area contributed by atoms with Crippen LogP contribution in [0.2, 0.25) is 0 Å². The Morgan fingerprint density at radius 3 is 2.80 bits per heavy atom. The fourth-order valence-corrected chi connectivity index (χ4v) is 1.24. The average Bonchev–Trinajstić information content (AvgIpc) is 2.13. The van der Waals surface area contributed by atoms with Crippen LogP contribution in [0.4, 0.5) is 0 Å². The first-order chi connectivity index (χ1) is 4.68. The Hall–Kier alpha value is -0.630. The lowest BCUT2D eigenvalue weighted by Gasteiger charge is -2.01. The molecular weight excluding hydrogens is 126 g/mol. The lowest BCUT2D eigenvalue weighted by Crippen LogP contribution is -2.11. The largest absolute Gasteiger partial charge is 0.302 e. The van der Waals surface area contributed by atoms with E-state index in [0.29, 0.717) is 0 Å². The number of likely N-dealkylation sites (tertiary alicyclic amines) is 1. The van der Waals surface area contributed by atoms with Crippen molar-refractivity contribution in [1.82, 2.24) is 4.90 Å². The minimum atomic E-state index is 0.172. The van der Waals surface area contributed by atoms with Gasteiger partial charge in [-0.3, -0.25) is 4.79 Å². The van der Waals surface area contributed by atoms with Crippen molar-refractivity contribution in [3.8, 4) is 0 Å². The summed E-state index contributed by atoms with van der Waals surface area (Å²) in [5, 5.41) is 0. The molecule has 10 heavy (non-hydrogen) atoms. The van der Waals surface area contributed by atoms with Crippen LogP contribution in [-0.2, 0) is 4.79 Å². The second-order valence-corrected chi connectivity index (χ2v) is 2.90. The normalized spacial score (nSPS) is 24.0. The van der Waals surface area contributed by atoms with Crippen molar-refractivity contribution in [3.63, 3.8) is 0 Å². The molecule has 1 rings (SSSR count). The van der Waals surface area contributed by atoms with Crippen molar-refractivity contribution in [1.29, 1.82) is 0 Å². The van der Waals surface area contributed by atoms with E-state index in [9.17, 15) is 4.79 Å². The molecule has 0 bridgehead atoms. The van der Waals surface area contributed by atoms with Gasteiger partial charge in [-0.15, -0.1) is 0 Å². The highest BCUT2D eigenvalue weighted by Crippen LogP contribution is 2.12. The van der Waals surface area contributed by atoms with Crippen LogP contribution in [0.3, 0.4) is 0 Å². The first-order valence-corrected chi connectivity index (χ1v) is 3.57. The smallest absolute Gasteiger partial charge is 0.152 e. The van der Waals surface area contributed by atoms with Gasteiger partial charge in [0.1, 0.15) is 0 Å². The molecule has 0 saturated carbocycles. The van der Waals surface area contributed by atoms with Crippen LogP contribution in [0.5, 0.6) is 0 Å². The second-order valence-electron chi connectivity index (χ2n) is 2.90. The number of allylic oxidation sites excluding steroid dienone is 1. The van der Waals surface area contributed by atoms with Crippen molar-refractivity contribution in [2.75, 3.05) is 20.1 Å². The van der Waals surface area contributed by atoms with Crippen LogP contribution in [0.15, 0.2) is 11.6 Å². The van der Waals surface area contributed by atoms with Crippen molar-refractivity contribution in [2.45, 2.75) is 13.3 Å². The van der Waals surface area contributed by atoms with E-state index in [0.717, 1.165) is 19.5 Å². The summed E-state index contributed by atoms with van der Waals surface area (Å²) in [6, 6.07) is 0. The number of hydrogen-bond donors (Lipinski definition) is 0.